The molecule has 1 N–H and O–H groups in total. The van der Waals surface area contributed by atoms with Gasteiger partial charge in [0.1, 0.15) is 0 Å². The van der Waals surface area contributed by atoms with Crippen LogP contribution in [-0.2, 0) is 17.1 Å². The molecule has 1 rings (SSSR count). The summed E-state index contributed by atoms with van der Waals surface area (Å²) in [7, 11) is 0. The maximum Gasteiger partial charge on any atom is 0.335 e. The van der Waals surface area contributed by atoms with E-state index >= 15 is 0 Å². The van der Waals surface area contributed by atoms with Crippen molar-refractivity contribution >= 4 is 23.0 Å². The van der Waals surface area contributed by atoms with E-state index in [0.29, 0.717) is 5.56 Å². The Bertz CT molecular complexity index is 213. The van der Waals surface area contributed by atoms with Gasteiger partial charge in [0.05, 0.1) is 5.56 Å². The Balaban J connectivity index is 0. The van der Waals surface area contributed by atoms with Crippen molar-refractivity contribution in [2.75, 3.05) is 0 Å². The second kappa shape index (κ2) is 6.40. The van der Waals surface area contributed by atoms with Gasteiger partial charge in [0.2, 0.25) is 0 Å². The number of aromatic carboxylic acids is 1. The number of carboxylic acid groups (broad SMARTS) is 1. The first-order valence-electron chi connectivity index (χ1n) is 2.59. The zero-order chi connectivity index (χ0) is 6.69. The molecule has 0 atom stereocenters. The second-order valence-electron chi connectivity index (χ2n) is 1.67. The van der Waals surface area contributed by atoms with Crippen molar-refractivity contribution in [3.63, 3.8) is 0 Å². The van der Waals surface area contributed by atoms with E-state index < -0.39 is 5.97 Å². The summed E-state index contributed by atoms with van der Waals surface area (Å²) in [4.78, 5) is 10.2. The molecule has 0 aliphatic carbocycles. The van der Waals surface area contributed by atoms with Crippen LogP contribution in [0, 0.1) is 0 Å². The van der Waals surface area contributed by atoms with Crippen LogP contribution in [0.3, 0.4) is 0 Å². The maximum absolute atomic E-state index is 10.2. The van der Waals surface area contributed by atoms with E-state index in [1.807, 2.05) is 0 Å². The molecule has 0 unspecified atom stereocenters. The molecule has 0 saturated heterocycles. The first-order chi connectivity index (χ1) is 4.30. The number of benzene rings is 1. The molecule has 1 aromatic rings. The van der Waals surface area contributed by atoms with Crippen LogP contribution in [0.2, 0.25) is 0 Å². The average molecular weight is 267 g/mol. The molecule has 0 fully saturated rings. The summed E-state index contributed by atoms with van der Waals surface area (Å²) >= 11 is 0. The molecule has 0 aliphatic heterocycles. The minimum Gasteiger partial charge on any atom is -0.478 e. The van der Waals surface area contributed by atoms with Crippen LogP contribution in [0.4, 0.5) is 0 Å². The Morgan fingerprint density at radius 3 is 1.91 bits per heavy atom. The second-order valence-corrected chi connectivity index (χ2v) is 1.67. The molecule has 0 saturated carbocycles. The molecule has 0 bridgehead atoms. The number of hydrogen-bond acceptors (Lipinski definition) is 1. The summed E-state index contributed by atoms with van der Waals surface area (Å²) in [6.45, 7) is 0. The van der Waals surface area contributed by atoms with Gasteiger partial charge < -0.3 is 5.11 Å². The van der Waals surface area contributed by atoms with Gasteiger partial charge in [0.15, 0.2) is 0 Å². The first kappa shape index (κ1) is 13.3. The number of carboxylic acids is 1. The molecule has 0 aliphatic rings. The van der Waals surface area contributed by atoms with E-state index in [1.165, 1.54) is 0 Å². The normalized spacial score (nSPS) is 7.27. The molecule has 0 spiro atoms. The summed E-state index contributed by atoms with van der Waals surface area (Å²) in [5.74, 6) is -0.879. The number of carbonyl (C=O) groups is 1. The van der Waals surface area contributed by atoms with Gasteiger partial charge in [-0.2, -0.15) is 0 Å². The molecular formula is C7H7BrCuO2. The first-order valence-corrected chi connectivity index (χ1v) is 2.59. The van der Waals surface area contributed by atoms with Crippen LogP contribution in [0.25, 0.3) is 0 Å². The molecule has 65 valence electrons. The summed E-state index contributed by atoms with van der Waals surface area (Å²) in [6, 6.07) is 8.30. The van der Waals surface area contributed by atoms with Gasteiger partial charge in [-0.25, -0.2) is 4.79 Å². The average Bonchev–Trinajstić information content (AvgIpc) is 1.90. The van der Waals surface area contributed by atoms with E-state index in [-0.39, 0.29) is 34.1 Å². The Labute approximate surface area is 85.9 Å². The third-order valence-electron chi connectivity index (χ3n) is 1.02. The fourth-order valence-corrected chi connectivity index (χ4v) is 0.581. The third kappa shape index (κ3) is 4.19. The minimum atomic E-state index is -0.879. The van der Waals surface area contributed by atoms with E-state index in [2.05, 4.69) is 0 Å². The SMILES string of the molecule is Br.O=C(O)c1ccccc1.[Cu]. The molecule has 2 nitrogen and oxygen atoms in total. The van der Waals surface area contributed by atoms with Crippen molar-refractivity contribution in [2.45, 2.75) is 0 Å². The minimum absolute atomic E-state index is 0. The van der Waals surface area contributed by atoms with Crippen LogP contribution in [0.5, 0.6) is 0 Å². The zero-order valence-electron chi connectivity index (χ0n) is 5.45. The van der Waals surface area contributed by atoms with Gasteiger partial charge in [-0.05, 0) is 12.1 Å². The van der Waals surface area contributed by atoms with Crippen LogP contribution >= 0.6 is 17.0 Å². The molecule has 1 radical (unpaired) electrons. The third-order valence-corrected chi connectivity index (χ3v) is 1.02. The zero-order valence-corrected chi connectivity index (χ0v) is 8.11. The molecule has 0 amide bonds. The van der Waals surface area contributed by atoms with Crippen molar-refractivity contribution in [3.8, 4) is 0 Å². The number of hydrogen-bond donors (Lipinski definition) is 1. The fraction of sp³-hybridized carbons (Fsp3) is 0. The quantitative estimate of drug-likeness (QED) is 0.789. The largest absolute Gasteiger partial charge is 0.478 e. The molecule has 1 aromatic carbocycles. The standard InChI is InChI=1S/C7H6O2.BrH.Cu/c8-7(9)6-4-2-1-3-5-6;;/h1-5H,(H,8,9);1H;. The molecule has 0 aromatic heterocycles. The van der Waals surface area contributed by atoms with Crippen molar-refractivity contribution in [1.29, 1.82) is 0 Å². The van der Waals surface area contributed by atoms with Crippen molar-refractivity contribution in [3.05, 3.63) is 35.9 Å². The predicted molar refractivity (Wildman–Crippen MR) is 43.7 cm³/mol. The fourth-order valence-electron chi connectivity index (χ4n) is 0.581. The van der Waals surface area contributed by atoms with Crippen molar-refractivity contribution in [2.24, 2.45) is 0 Å². The van der Waals surface area contributed by atoms with Crippen LogP contribution in [-0.4, -0.2) is 11.1 Å². The molecular weight excluding hydrogens is 260 g/mol. The van der Waals surface area contributed by atoms with Gasteiger partial charge in [-0.3, -0.25) is 0 Å². The monoisotopic (exact) mass is 265 g/mol. The predicted octanol–water partition coefficient (Wildman–Crippen LogP) is 1.96. The van der Waals surface area contributed by atoms with E-state index in [4.69, 9.17) is 5.11 Å². The summed E-state index contributed by atoms with van der Waals surface area (Å²) in [5, 5.41) is 8.38. The summed E-state index contributed by atoms with van der Waals surface area (Å²) in [6.07, 6.45) is 0. The van der Waals surface area contributed by atoms with Crippen LogP contribution in [0.1, 0.15) is 10.4 Å². The summed E-state index contributed by atoms with van der Waals surface area (Å²) < 4.78 is 0. The van der Waals surface area contributed by atoms with E-state index in [9.17, 15) is 4.79 Å². The molecule has 4 heteroatoms. The van der Waals surface area contributed by atoms with Gasteiger partial charge in [0.25, 0.3) is 0 Å². The Kier molecular flexibility index (Phi) is 7.74. The van der Waals surface area contributed by atoms with Gasteiger partial charge in [-0.1, -0.05) is 18.2 Å². The Morgan fingerprint density at radius 2 is 1.64 bits per heavy atom. The van der Waals surface area contributed by atoms with Gasteiger partial charge in [0, 0.05) is 17.1 Å². The van der Waals surface area contributed by atoms with Crippen LogP contribution in [0.15, 0.2) is 30.3 Å². The van der Waals surface area contributed by atoms with Gasteiger partial charge in [-0.15, -0.1) is 17.0 Å². The van der Waals surface area contributed by atoms with Crippen molar-refractivity contribution in [1.82, 2.24) is 0 Å². The number of rotatable bonds is 1. The smallest absolute Gasteiger partial charge is 0.335 e. The van der Waals surface area contributed by atoms with Crippen LogP contribution < -0.4 is 0 Å². The topological polar surface area (TPSA) is 37.3 Å². The van der Waals surface area contributed by atoms with Gasteiger partial charge >= 0.3 is 5.97 Å². The summed E-state index contributed by atoms with van der Waals surface area (Å²) in [5.41, 5.74) is 0.331. The molecule has 0 heterocycles. The Morgan fingerprint density at radius 1 is 1.18 bits per heavy atom. The van der Waals surface area contributed by atoms with E-state index in [1.54, 1.807) is 30.3 Å². The van der Waals surface area contributed by atoms with E-state index in [0.717, 1.165) is 0 Å². The number of halogens is 1. The van der Waals surface area contributed by atoms with Crippen molar-refractivity contribution < 1.29 is 27.0 Å². The Hall–Kier alpha value is -0.311. The maximum atomic E-state index is 10.2. The molecule has 11 heavy (non-hydrogen) atoms.